The highest BCUT2D eigenvalue weighted by Crippen LogP contribution is 2.44. The third-order valence-corrected chi connectivity index (χ3v) is 5.82. The summed E-state index contributed by atoms with van der Waals surface area (Å²) < 4.78 is 16.8. The highest BCUT2D eigenvalue weighted by Gasteiger charge is 2.53. The van der Waals surface area contributed by atoms with Crippen molar-refractivity contribution in [3.63, 3.8) is 0 Å². The molecular formula is C22H30N2O5. The molecule has 29 heavy (non-hydrogen) atoms. The Balaban J connectivity index is 1.97. The van der Waals surface area contributed by atoms with Crippen LogP contribution in [0.25, 0.3) is 0 Å². The van der Waals surface area contributed by atoms with Gasteiger partial charge in [0, 0.05) is 7.11 Å². The molecule has 0 bridgehead atoms. The fourth-order valence-electron chi connectivity index (χ4n) is 4.45. The van der Waals surface area contributed by atoms with Gasteiger partial charge >= 0.3 is 0 Å². The van der Waals surface area contributed by atoms with Gasteiger partial charge in [-0.15, -0.1) is 0 Å². The molecular weight excluding hydrogens is 372 g/mol. The summed E-state index contributed by atoms with van der Waals surface area (Å²) in [6.45, 7) is 0.218. The molecule has 0 saturated heterocycles. The van der Waals surface area contributed by atoms with Crippen molar-refractivity contribution < 1.29 is 24.1 Å². The summed E-state index contributed by atoms with van der Waals surface area (Å²) in [5.74, 6) is -0.218. The zero-order chi connectivity index (χ0) is 21.1. The molecule has 3 rings (SSSR count). The number of aliphatic hydroxyl groups is 1. The van der Waals surface area contributed by atoms with Crippen LogP contribution in [-0.2, 0) is 25.6 Å². The van der Waals surface area contributed by atoms with E-state index in [9.17, 15) is 9.90 Å². The number of Topliss-reactive ketones (excluding diaryl/α,β-unsaturated/α-hetero) is 1. The minimum Gasteiger partial charge on any atom is -0.501 e. The van der Waals surface area contributed by atoms with Crippen LogP contribution in [0, 0.1) is 11.8 Å². The summed E-state index contributed by atoms with van der Waals surface area (Å²) in [4.78, 5) is 15.2. The molecule has 3 N–H and O–H groups in total. The van der Waals surface area contributed by atoms with Gasteiger partial charge in [0.1, 0.15) is 12.4 Å². The minimum absolute atomic E-state index is 0.0408. The molecule has 1 aromatic carbocycles. The summed E-state index contributed by atoms with van der Waals surface area (Å²) >= 11 is 0. The second kappa shape index (κ2) is 8.98. The van der Waals surface area contributed by atoms with E-state index in [2.05, 4.69) is 0 Å². The fourth-order valence-corrected chi connectivity index (χ4v) is 4.45. The monoisotopic (exact) mass is 402 g/mol. The fraction of sp³-hybridized carbons (Fsp3) is 0.500. The molecule has 2 unspecified atom stereocenters. The average Bonchev–Trinajstić information content (AvgIpc) is 2.71. The van der Waals surface area contributed by atoms with Crippen molar-refractivity contribution in [3.8, 4) is 0 Å². The largest absolute Gasteiger partial charge is 0.501 e. The zero-order valence-electron chi connectivity index (χ0n) is 17.4. The van der Waals surface area contributed by atoms with Gasteiger partial charge < -0.3 is 25.1 Å². The summed E-state index contributed by atoms with van der Waals surface area (Å²) in [7, 11) is 6.89. The van der Waals surface area contributed by atoms with Crippen LogP contribution in [0.3, 0.4) is 0 Å². The first-order chi connectivity index (χ1) is 13.9. The normalized spacial score (nSPS) is 31.2. The maximum absolute atomic E-state index is 13.4. The van der Waals surface area contributed by atoms with Gasteiger partial charge in [-0.25, -0.2) is 0 Å². The van der Waals surface area contributed by atoms with Crippen LogP contribution in [0.2, 0.25) is 0 Å². The quantitative estimate of drug-likeness (QED) is 0.549. The van der Waals surface area contributed by atoms with Gasteiger partial charge in [0.25, 0.3) is 0 Å². The van der Waals surface area contributed by atoms with Gasteiger partial charge in [-0.2, -0.15) is 0 Å². The van der Waals surface area contributed by atoms with Crippen molar-refractivity contribution in [2.24, 2.45) is 17.6 Å². The number of hydrogen-bond donors (Lipinski definition) is 2. The Labute approximate surface area is 171 Å². The number of hydrogen-bond acceptors (Lipinski definition) is 7. The number of ether oxygens (including phenoxy) is 3. The highest BCUT2D eigenvalue weighted by molar-refractivity contribution is 6.02. The van der Waals surface area contributed by atoms with Crippen molar-refractivity contribution in [1.82, 2.24) is 4.90 Å². The van der Waals surface area contributed by atoms with Gasteiger partial charge in [0.15, 0.2) is 11.7 Å². The second-order valence-electron chi connectivity index (χ2n) is 7.74. The topological polar surface area (TPSA) is 94.2 Å². The Morgan fingerprint density at radius 2 is 1.93 bits per heavy atom. The SMILES string of the molecule is COC1=C[C@H](OC)CC2C1[C@@H](O)/C(=C(/N)OCc1ccccc1)C(=O)[C@H]2N(C)C. The minimum atomic E-state index is -1.11. The predicted molar refractivity (Wildman–Crippen MR) is 108 cm³/mol. The summed E-state index contributed by atoms with van der Waals surface area (Å²) in [5.41, 5.74) is 7.21. The first-order valence-corrected chi connectivity index (χ1v) is 9.72. The van der Waals surface area contributed by atoms with Crippen LogP contribution in [-0.4, -0.2) is 62.4 Å². The summed E-state index contributed by atoms with van der Waals surface area (Å²) in [6.07, 6.45) is 1.19. The zero-order valence-corrected chi connectivity index (χ0v) is 17.4. The maximum Gasteiger partial charge on any atom is 0.194 e. The van der Waals surface area contributed by atoms with Crippen molar-refractivity contribution in [1.29, 1.82) is 0 Å². The third kappa shape index (κ3) is 4.17. The number of methoxy groups -OCH3 is 2. The van der Waals surface area contributed by atoms with Crippen LogP contribution in [0.1, 0.15) is 12.0 Å². The lowest BCUT2D eigenvalue weighted by Crippen LogP contribution is -2.57. The Morgan fingerprint density at radius 1 is 1.24 bits per heavy atom. The smallest absolute Gasteiger partial charge is 0.194 e. The lowest BCUT2D eigenvalue weighted by atomic mass is 9.65. The summed E-state index contributed by atoms with van der Waals surface area (Å²) in [5, 5.41) is 11.1. The van der Waals surface area contributed by atoms with Gasteiger partial charge in [0.05, 0.1) is 36.9 Å². The molecule has 5 atom stereocenters. The number of nitrogens with zero attached hydrogens (tertiary/aromatic N) is 1. The molecule has 0 spiro atoms. The molecule has 7 nitrogen and oxygen atoms in total. The van der Waals surface area contributed by atoms with E-state index in [1.807, 2.05) is 55.4 Å². The Bertz CT molecular complexity index is 790. The van der Waals surface area contributed by atoms with Crippen LogP contribution < -0.4 is 5.73 Å². The molecule has 0 aliphatic heterocycles. The maximum atomic E-state index is 13.4. The first-order valence-electron chi connectivity index (χ1n) is 9.72. The molecule has 1 aromatic rings. The second-order valence-corrected chi connectivity index (χ2v) is 7.74. The number of aliphatic hydroxyl groups excluding tert-OH is 1. The molecule has 1 saturated carbocycles. The molecule has 0 amide bonds. The lowest BCUT2D eigenvalue weighted by Gasteiger charge is -2.47. The molecule has 158 valence electrons. The van der Waals surface area contributed by atoms with E-state index < -0.39 is 18.1 Å². The molecule has 7 heteroatoms. The van der Waals surface area contributed by atoms with Crippen LogP contribution in [0.5, 0.6) is 0 Å². The third-order valence-electron chi connectivity index (χ3n) is 5.82. The van der Waals surface area contributed by atoms with Crippen molar-refractivity contribution in [2.45, 2.75) is 31.3 Å². The van der Waals surface area contributed by atoms with Gasteiger partial charge in [-0.3, -0.25) is 9.69 Å². The van der Waals surface area contributed by atoms with Crippen LogP contribution in [0.4, 0.5) is 0 Å². The Hall–Kier alpha value is -2.35. The number of benzene rings is 1. The van der Waals surface area contributed by atoms with E-state index in [4.69, 9.17) is 19.9 Å². The molecule has 0 radical (unpaired) electrons. The molecule has 1 fully saturated rings. The standard InChI is InChI=1S/C22H30N2O5/c1-24(2)19-15-10-14(27-3)11-16(28-4)17(15)20(25)18(21(19)26)22(23)29-12-13-8-6-5-7-9-13/h5-9,11,14-15,17,19-20,25H,10,12,23H2,1-4H3/b22-18+/t14-,15?,17?,19+,20-/m1/s1. The number of ketones is 1. The van der Waals surface area contributed by atoms with E-state index in [0.29, 0.717) is 12.2 Å². The molecule has 0 heterocycles. The summed E-state index contributed by atoms with van der Waals surface area (Å²) in [6, 6.07) is 9.07. The number of nitrogens with two attached hydrogens (primary N) is 1. The number of carbonyl (C=O) groups is 1. The van der Waals surface area contributed by atoms with Crippen LogP contribution >= 0.6 is 0 Å². The molecule has 0 aromatic heterocycles. The van der Waals surface area contributed by atoms with Gasteiger partial charge in [0.2, 0.25) is 0 Å². The lowest BCUT2D eigenvalue weighted by molar-refractivity contribution is -0.130. The predicted octanol–water partition coefficient (Wildman–Crippen LogP) is 1.43. The van der Waals surface area contributed by atoms with Crippen molar-refractivity contribution in [3.05, 3.63) is 59.2 Å². The number of carbonyl (C=O) groups excluding carboxylic acids is 1. The van der Waals surface area contributed by atoms with Gasteiger partial charge in [-0.1, -0.05) is 30.3 Å². The van der Waals surface area contributed by atoms with Crippen molar-refractivity contribution in [2.75, 3.05) is 28.3 Å². The van der Waals surface area contributed by atoms with E-state index in [0.717, 1.165) is 5.56 Å². The number of rotatable bonds is 6. The van der Waals surface area contributed by atoms with Crippen molar-refractivity contribution >= 4 is 5.78 Å². The highest BCUT2D eigenvalue weighted by atomic mass is 16.5. The van der Waals surface area contributed by atoms with E-state index >= 15 is 0 Å². The number of likely N-dealkylation sites (N-methyl/N-ethyl adjacent to an activating group) is 1. The molecule has 2 aliphatic carbocycles. The van der Waals surface area contributed by atoms with E-state index in [1.54, 1.807) is 14.2 Å². The Morgan fingerprint density at radius 3 is 2.52 bits per heavy atom. The average molecular weight is 402 g/mol. The van der Waals surface area contributed by atoms with Gasteiger partial charge in [-0.05, 0) is 38.1 Å². The van der Waals surface area contributed by atoms with E-state index in [1.165, 1.54) is 0 Å². The first kappa shape index (κ1) is 21.4. The molecule has 2 aliphatic rings. The van der Waals surface area contributed by atoms with Crippen LogP contribution in [0.15, 0.2) is 53.6 Å². The van der Waals surface area contributed by atoms with E-state index in [-0.39, 0.29) is 35.9 Å². The Kier molecular flexibility index (Phi) is 6.62. The number of fused-ring (bicyclic) bond motifs is 1.